The van der Waals surface area contributed by atoms with Crippen LogP contribution < -0.4 is 4.74 Å². The molecular weight excluding hydrogens is 360 g/mol. The van der Waals surface area contributed by atoms with Crippen LogP contribution in [0.3, 0.4) is 0 Å². The first-order chi connectivity index (χ1) is 14.2. The Morgan fingerprint density at radius 2 is 1.62 bits per heavy atom. The maximum absolute atomic E-state index is 12.4. The molecule has 0 radical (unpaired) electrons. The third kappa shape index (κ3) is 4.50. The zero-order valence-electron chi connectivity index (χ0n) is 16.0. The Labute approximate surface area is 169 Å². The molecule has 29 heavy (non-hydrogen) atoms. The molecule has 4 nitrogen and oxygen atoms in total. The number of benzene rings is 3. The van der Waals surface area contributed by atoms with Crippen LogP contribution in [0, 0.1) is 6.92 Å². The number of rotatable bonds is 5. The molecule has 0 amide bonds. The minimum atomic E-state index is -0.456. The first kappa shape index (κ1) is 18.4. The van der Waals surface area contributed by atoms with Crippen molar-refractivity contribution in [3.8, 4) is 22.8 Å². The van der Waals surface area contributed by atoms with Gasteiger partial charge in [0.1, 0.15) is 0 Å². The van der Waals surface area contributed by atoms with Crippen molar-refractivity contribution in [3.63, 3.8) is 0 Å². The lowest BCUT2D eigenvalue weighted by atomic mass is 10.2. The Morgan fingerprint density at radius 3 is 2.34 bits per heavy atom. The summed E-state index contributed by atoms with van der Waals surface area (Å²) < 4.78 is 7.29. The second-order valence-corrected chi connectivity index (χ2v) is 6.65. The van der Waals surface area contributed by atoms with Crippen LogP contribution in [0.2, 0.25) is 0 Å². The molecule has 142 valence electrons. The summed E-state index contributed by atoms with van der Waals surface area (Å²) in [6.45, 7) is 2.01. The number of carbonyl (C=O) groups excluding carboxylic acids is 1. The maximum Gasteiger partial charge on any atom is 0.337 e. The third-order valence-corrected chi connectivity index (χ3v) is 4.41. The average molecular weight is 380 g/mol. The van der Waals surface area contributed by atoms with Crippen molar-refractivity contribution in [2.24, 2.45) is 0 Å². The lowest BCUT2D eigenvalue weighted by Crippen LogP contribution is -2.08. The Morgan fingerprint density at radius 1 is 0.897 bits per heavy atom. The highest BCUT2D eigenvalue weighted by molar-refractivity contribution is 5.88. The van der Waals surface area contributed by atoms with Crippen LogP contribution in [-0.2, 0) is 4.79 Å². The van der Waals surface area contributed by atoms with Gasteiger partial charge in [-0.1, -0.05) is 72.8 Å². The fraction of sp³-hybridized carbons (Fsp3) is 0.0400. The molecule has 1 aromatic heterocycles. The van der Waals surface area contributed by atoms with Gasteiger partial charge in [-0.25, -0.2) is 4.79 Å². The van der Waals surface area contributed by atoms with E-state index in [2.05, 4.69) is 5.10 Å². The molecule has 0 unspecified atom stereocenters. The molecule has 0 spiro atoms. The molecule has 3 aromatic carbocycles. The number of hydrogen-bond acceptors (Lipinski definition) is 3. The smallest absolute Gasteiger partial charge is 0.337 e. The molecule has 0 bridgehead atoms. The van der Waals surface area contributed by atoms with Crippen LogP contribution in [0.1, 0.15) is 11.1 Å². The van der Waals surface area contributed by atoms with E-state index in [1.807, 2.05) is 91.9 Å². The average Bonchev–Trinajstić information content (AvgIpc) is 3.17. The van der Waals surface area contributed by atoms with Crippen molar-refractivity contribution in [2.75, 3.05) is 0 Å². The van der Waals surface area contributed by atoms with E-state index in [-0.39, 0.29) is 0 Å². The van der Waals surface area contributed by atoms with Crippen molar-refractivity contribution < 1.29 is 9.53 Å². The summed E-state index contributed by atoms with van der Waals surface area (Å²) in [6, 6.07) is 29.1. The molecule has 0 saturated carbocycles. The molecule has 1 heterocycles. The molecule has 0 aliphatic heterocycles. The van der Waals surface area contributed by atoms with Gasteiger partial charge in [0.15, 0.2) is 0 Å². The first-order valence-electron chi connectivity index (χ1n) is 9.36. The summed E-state index contributed by atoms with van der Waals surface area (Å²) in [5.41, 5.74) is 4.56. The quantitative estimate of drug-likeness (QED) is 0.341. The van der Waals surface area contributed by atoms with Crippen molar-refractivity contribution in [1.82, 2.24) is 9.78 Å². The highest BCUT2D eigenvalue weighted by atomic mass is 16.5. The molecule has 0 saturated heterocycles. The predicted octanol–water partition coefficient (Wildman–Crippen LogP) is 5.47. The molecular formula is C25H20N2O2. The molecule has 0 fully saturated rings. The molecule has 4 aromatic rings. The van der Waals surface area contributed by atoms with Gasteiger partial charge in [-0.05, 0) is 36.3 Å². The highest BCUT2D eigenvalue weighted by Gasteiger charge is 2.15. The van der Waals surface area contributed by atoms with Gasteiger partial charge in [-0.2, -0.15) is 9.78 Å². The van der Waals surface area contributed by atoms with E-state index in [1.54, 1.807) is 16.8 Å². The monoisotopic (exact) mass is 380 g/mol. The number of ether oxygens (including phenoxy) is 1. The van der Waals surface area contributed by atoms with Crippen LogP contribution in [-0.4, -0.2) is 15.7 Å². The van der Waals surface area contributed by atoms with E-state index < -0.39 is 5.97 Å². The van der Waals surface area contributed by atoms with Crippen molar-refractivity contribution in [3.05, 3.63) is 108 Å². The van der Waals surface area contributed by atoms with Gasteiger partial charge in [0.25, 0.3) is 0 Å². The maximum atomic E-state index is 12.4. The summed E-state index contributed by atoms with van der Waals surface area (Å²) in [6.07, 6.45) is 3.15. The molecule has 0 aliphatic carbocycles. The Hall–Kier alpha value is -3.92. The number of nitrogens with zero attached hydrogens (tertiary/aromatic N) is 2. The van der Waals surface area contributed by atoms with Gasteiger partial charge in [0.05, 0.1) is 11.4 Å². The standard InChI is InChI=1S/C25H20N2O2/c1-19-9-8-14-22(17-19)27-24(18-23(26-27)21-12-6-3-7-13-21)29-25(28)16-15-20-10-4-2-5-11-20/h2-18H,1H3. The second kappa shape index (κ2) is 8.40. The first-order valence-corrected chi connectivity index (χ1v) is 9.36. The summed E-state index contributed by atoms with van der Waals surface area (Å²) in [5, 5.41) is 4.68. The van der Waals surface area contributed by atoms with Crippen LogP contribution in [0.25, 0.3) is 23.0 Å². The zero-order chi connectivity index (χ0) is 20.1. The van der Waals surface area contributed by atoms with Gasteiger partial charge in [-0.15, -0.1) is 0 Å². The van der Waals surface area contributed by atoms with Gasteiger partial charge in [-0.3, -0.25) is 0 Å². The highest BCUT2D eigenvalue weighted by Crippen LogP contribution is 2.26. The lowest BCUT2D eigenvalue weighted by Gasteiger charge is -2.07. The second-order valence-electron chi connectivity index (χ2n) is 6.65. The fourth-order valence-electron chi connectivity index (χ4n) is 3.00. The van der Waals surface area contributed by atoms with Gasteiger partial charge < -0.3 is 4.74 Å². The Balaban J connectivity index is 1.66. The van der Waals surface area contributed by atoms with E-state index >= 15 is 0 Å². The number of aromatic nitrogens is 2. The largest absolute Gasteiger partial charge is 0.404 e. The minimum Gasteiger partial charge on any atom is -0.404 e. The minimum absolute atomic E-state index is 0.372. The number of carbonyl (C=O) groups is 1. The van der Waals surface area contributed by atoms with E-state index in [4.69, 9.17) is 4.74 Å². The molecule has 0 N–H and O–H groups in total. The van der Waals surface area contributed by atoms with E-state index in [9.17, 15) is 4.79 Å². The molecule has 4 rings (SSSR count). The fourth-order valence-corrected chi connectivity index (χ4v) is 3.00. The van der Waals surface area contributed by atoms with Gasteiger partial charge in [0, 0.05) is 17.7 Å². The van der Waals surface area contributed by atoms with E-state index in [0.29, 0.717) is 5.88 Å². The van der Waals surface area contributed by atoms with Crippen LogP contribution in [0.5, 0.6) is 5.88 Å². The van der Waals surface area contributed by atoms with Crippen LogP contribution >= 0.6 is 0 Å². The van der Waals surface area contributed by atoms with Crippen LogP contribution in [0.15, 0.2) is 97.1 Å². The van der Waals surface area contributed by atoms with Crippen molar-refractivity contribution >= 4 is 12.0 Å². The van der Waals surface area contributed by atoms with Gasteiger partial charge in [0.2, 0.25) is 5.88 Å². The topological polar surface area (TPSA) is 44.1 Å². The Kier molecular flexibility index (Phi) is 5.34. The van der Waals surface area contributed by atoms with Crippen molar-refractivity contribution in [1.29, 1.82) is 0 Å². The zero-order valence-corrected chi connectivity index (χ0v) is 16.0. The lowest BCUT2D eigenvalue weighted by molar-refractivity contribution is -0.129. The SMILES string of the molecule is Cc1cccc(-n2nc(-c3ccccc3)cc2OC(=O)C=Cc2ccccc2)c1. The van der Waals surface area contributed by atoms with Crippen LogP contribution in [0.4, 0.5) is 0 Å². The molecule has 0 aliphatic rings. The summed E-state index contributed by atoms with van der Waals surface area (Å²) in [5.74, 6) is -0.0839. The van der Waals surface area contributed by atoms with Gasteiger partial charge >= 0.3 is 5.97 Å². The number of esters is 1. The molecule has 0 atom stereocenters. The normalized spacial score (nSPS) is 10.9. The molecule has 4 heteroatoms. The van der Waals surface area contributed by atoms with E-state index in [1.165, 1.54) is 6.08 Å². The summed E-state index contributed by atoms with van der Waals surface area (Å²) in [4.78, 5) is 12.4. The predicted molar refractivity (Wildman–Crippen MR) is 115 cm³/mol. The number of aryl methyl sites for hydroxylation is 1. The Bertz CT molecular complexity index is 1150. The summed E-state index contributed by atoms with van der Waals surface area (Å²) >= 11 is 0. The third-order valence-electron chi connectivity index (χ3n) is 4.41. The van der Waals surface area contributed by atoms with E-state index in [0.717, 1.165) is 28.1 Å². The number of hydrogen-bond donors (Lipinski definition) is 0. The van der Waals surface area contributed by atoms with Crippen molar-refractivity contribution in [2.45, 2.75) is 6.92 Å². The summed E-state index contributed by atoms with van der Waals surface area (Å²) in [7, 11) is 0.